The zero-order chi connectivity index (χ0) is 18.7. The largest absolute Gasteiger partial charge is 0.368 e. The quantitative estimate of drug-likeness (QED) is 0.855. The van der Waals surface area contributed by atoms with E-state index < -0.39 is 0 Å². The summed E-state index contributed by atoms with van der Waals surface area (Å²) >= 11 is 0. The van der Waals surface area contributed by atoms with Crippen LogP contribution in [0.25, 0.3) is 0 Å². The molecule has 4 heteroatoms. The second-order valence-electron chi connectivity index (χ2n) is 8.02. The average Bonchev–Trinajstić information content (AvgIpc) is 2.63. The Balaban J connectivity index is 1.57. The van der Waals surface area contributed by atoms with Crippen molar-refractivity contribution in [1.82, 2.24) is 4.90 Å². The highest BCUT2D eigenvalue weighted by molar-refractivity contribution is 5.90. The molecule has 3 rings (SSSR count). The summed E-state index contributed by atoms with van der Waals surface area (Å²) in [7, 11) is 0. The van der Waals surface area contributed by atoms with E-state index in [4.69, 9.17) is 0 Å². The van der Waals surface area contributed by atoms with Crippen LogP contribution in [-0.2, 0) is 5.41 Å². The summed E-state index contributed by atoms with van der Waals surface area (Å²) in [5, 5.41) is 3.03. The van der Waals surface area contributed by atoms with Gasteiger partial charge in [0.15, 0.2) is 0 Å². The Kier molecular flexibility index (Phi) is 5.21. The second kappa shape index (κ2) is 7.40. The number of hydrogen-bond acceptors (Lipinski definition) is 2. The minimum absolute atomic E-state index is 0.0120. The third-order valence-corrected chi connectivity index (χ3v) is 5.05. The number of benzene rings is 2. The average molecular weight is 351 g/mol. The van der Waals surface area contributed by atoms with Crippen molar-refractivity contribution in [3.05, 3.63) is 59.7 Å². The highest BCUT2D eigenvalue weighted by Gasteiger charge is 2.22. The fraction of sp³-hybridized carbons (Fsp3) is 0.409. The Morgan fingerprint density at radius 3 is 2.12 bits per heavy atom. The molecule has 0 spiro atoms. The van der Waals surface area contributed by atoms with Crippen molar-refractivity contribution in [1.29, 1.82) is 0 Å². The van der Waals surface area contributed by atoms with Gasteiger partial charge < -0.3 is 15.1 Å². The van der Waals surface area contributed by atoms with Gasteiger partial charge in [-0.3, -0.25) is 0 Å². The molecule has 26 heavy (non-hydrogen) atoms. The second-order valence-corrected chi connectivity index (χ2v) is 8.02. The van der Waals surface area contributed by atoms with Crippen molar-refractivity contribution >= 4 is 17.4 Å². The predicted octanol–water partition coefficient (Wildman–Crippen LogP) is 4.65. The molecule has 2 aromatic carbocycles. The monoisotopic (exact) mass is 351 g/mol. The van der Waals surface area contributed by atoms with E-state index in [0.29, 0.717) is 0 Å². The molecule has 0 radical (unpaired) electrons. The summed E-state index contributed by atoms with van der Waals surface area (Å²) in [6.07, 6.45) is 0. The minimum Gasteiger partial charge on any atom is -0.368 e. The molecule has 2 aromatic rings. The van der Waals surface area contributed by atoms with Crippen LogP contribution in [0.2, 0.25) is 0 Å². The number of hydrogen-bond donors (Lipinski definition) is 1. The molecule has 0 atom stereocenters. The fourth-order valence-electron chi connectivity index (χ4n) is 3.25. The Hall–Kier alpha value is -2.49. The van der Waals surface area contributed by atoms with Crippen molar-refractivity contribution in [3.8, 4) is 0 Å². The highest BCUT2D eigenvalue weighted by Crippen LogP contribution is 2.25. The number of nitrogens with zero attached hydrogens (tertiary/aromatic N) is 2. The van der Waals surface area contributed by atoms with Crippen molar-refractivity contribution in [2.24, 2.45) is 0 Å². The van der Waals surface area contributed by atoms with E-state index in [-0.39, 0.29) is 11.4 Å². The maximum Gasteiger partial charge on any atom is 0.321 e. The maximum absolute atomic E-state index is 12.5. The lowest BCUT2D eigenvalue weighted by Gasteiger charge is -2.36. The van der Waals surface area contributed by atoms with Crippen LogP contribution in [0.1, 0.15) is 31.9 Å². The number of carbonyl (C=O) groups excluding carboxylic acids is 1. The number of nitrogens with one attached hydrogen (secondary N) is 1. The van der Waals surface area contributed by atoms with Gasteiger partial charge in [-0.05, 0) is 41.7 Å². The zero-order valence-corrected chi connectivity index (χ0v) is 16.2. The third kappa shape index (κ3) is 4.18. The lowest BCUT2D eigenvalue weighted by atomic mass is 9.87. The number of amides is 2. The van der Waals surface area contributed by atoms with Gasteiger partial charge in [0, 0.05) is 37.6 Å². The molecule has 0 bridgehead atoms. The molecule has 138 valence electrons. The molecule has 0 aliphatic carbocycles. The molecule has 0 unspecified atom stereocenters. The first-order chi connectivity index (χ1) is 12.3. The zero-order valence-electron chi connectivity index (χ0n) is 16.2. The van der Waals surface area contributed by atoms with Gasteiger partial charge in [0.1, 0.15) is 0 Å². The Morgan fingerprint density at radius 2 is 1.54 bits per heavy atom. The topological polar surface area (TPSA) is 35.6 Å². The molecule has 0 aromatic heterocycles. The minimum atomic E-state index is -0.0120. The molecule has 4 nitrogen and oxygen atoms in total. The van der Waals surface area contributed by atoms with Gasteiger partial charge in [-0.15, -0.1) is 0 Å². The number of anilines is 2. The van der Waals surface area contributed by atoms with Crippen LogP contribution in [0.3, 0.4) is 0 Å². The molecule has 2 amide bonds. The Morgan fingerprint density at radius 1 is 0.923 bits per heavy atom. The lowest BCUT2D eigenvalue weighted by Crippen LogP contribution is -2.50. The molecule has 1 aliphatic rings. The lowest BCUT2D eigenvalue weighted by molar-refractivity contribution is 0.208. The summed E-state index contributed by atoms with van der Waals surface area (Å²) in [5.41, 5.74) is 4.72. The Labute approximate surface area is 156 Å². The molecule has 1 saturated heterocycles. The van der Waals surface area contributed by atoms with Crippen molar-refractivity contribution in [3.63, 3.8) is 0 Å². The first-order valence-corrected chi connectivity index (χ1v) is 9.31. The van der Waals surface area contributed by atoms with Crippen molar-refractivity contribution in [2.45, 2.75) is 33.1 Å². The molecule has 1 fully saturated rings. The number of rotatable bonds is 2. The fourth-order valence-corrected chi connectivity index (χ4v) is 3.25. The van der Waals surface area contributed by atoms with Gasteiger partial charge in [-0.2, -0.15) is 0 Å². The van der Waals surface area contributed by atoms with Gasteiger partial charge in [0.2, 0.25) is 0 Å². The van der Waals surface area contributed by atoms with E-state index in [9.17, 15) is 4.79 Å². The standard InChI is InChI=1S/C22H29N3O/c1-17-7-5-6-8-20(17)23-21(26)25-15-13-24(14-16-25)19-11-9-18(10-12-19)22(2,3)4/h5-12H,13-16H2,1-4H3,(H,23,26). The van der Waals surface area contributed by atoms with Gasteiger partial charge in [0.25, 0.3) is 0 Å². The van der Waals surface area contributed by atoms with Crippen LogP contribution in [0.5, 0.6) is 0 Å². The SMILES string of the molecule is Cc1ccccc1NC(=O)N1CCN(c2ccc(C(C)(C)C)cc2)CC1. The normalized spacial score (nSPS) is 15.1. The van der Waals surface area contributed by atoms with E-state index in [1.807, 2.05) is 36.1 Å². The van der Waals surface area contributed by atoms with Gasteiger partial charge >= 0.3 is 6.03 Å². The van der Waals surface area contributed by atoms with Crippen LogP contribution in [0, 0.1) is 6.92 Å². The number of urea groups is 1. The maximum atomic E-state index is 12.5. The summed E-state index contributed by atoms with van der Waals surface area (Å²) in [5.74, 6) is 0. The molecule has 0 saturated carbocycles. The smallest absolute Gasteiger partial charge is 0.321 e. The van der Waals surface area contributed by atoms with E-state index in [2.05, 4.69) is 55.3 Å². The summed E-state index contributed by atoms with van der Waals surface area (Å²) < 4.78 is 0. The molecule has 1 aliphatic heterocycles. The van der Waals surface area contributed by atoms with Crippen molar-refractivity contribution in [2.75, 3.05) is 36.4 Å². The van der Waals surface area contributed by atoms with Crippen LogP contribution in [-0.4, -0.2) is 37.1 Å². The number of para-hydroxylation sites is 1. The molecular weight excluding hydrogens is 322 g/mol. The van der Waals surface area contributed by atoms with E-state index in [0.717, 1.165) is 37.4 Å². The first kappa shape index (κ1) is 18.3. The number of piperazine rings is 1. The summed E-state index contributed by atoms with van der Waals surface area (Å²) in [4.78, 5) is 16.8. The molecule has 1 heterocycles. The first-order valence-electron chi connectivity index (χ1n) is 9.31. The van der Waals surface area contributed by atoms with E-state index in [1.165, 1.54) is 11.3 Å². The van der Waals surface area contributed by atoms with Gasteiger partial charge in [-0.25, -0.2) is 4.79 Å². The van der Waals surface area contributed by atoms with Crippen LogP contribution in [0.4, 0.5) is 16.2 Å². The predicted molar refractivity (Wildman–Crippen MR) is 109 cm³/mol. The molecule has 1 N–H and O–H groups in total. The molecular formula is C22H29N3O. The van der Waals surface area contributed by atoms with Gasteiger partial charge in [-0.1, -0.05) is 51.1 Å². The van der Waals surface area contributed by atoms with E-state index in [1.54, 1.807) is 0 Å². The number of aryl methyl sites for hydroxylation is 1. The van der Waals surface area contributed by atoms with Crippen LogP contribution < -0.4 is 10.2 Å². The highest BCUT2D eigenvalue weighted by atomic mass is 16.2. The van der Waals surface area contributed by atoms with Crippen LogP contribution >= 0.6 is 0 Å². The van der Waals surface area contributed by atoms with Crippen LogP contribution in [0.15, 0.2) is 48.5 Å². The van der Waals surface area contributed by atoms with Gasteiger partial charge in [0.05, 0.1) is 0 Å². The van der Waals surface area contributed by atoms with E-state index >= 15 is 0 Å². The Bertz CT molecular complexity index is 754. The third-order valence-electron chi connectivity index (χ3n) is 5.05. The number of carbonyl (C=O) groups is 1. The summed E-state index contributed by atoms with van der Waals surface area (Å²) in [6.45, 7) is 11.9. The summed E-state index contributed by atoms with van der Waals surface area (Å²) in [6, 6.07) is 16.7. The van der Waals surface area contributed by atoms with Crippen molar-refractivity contribution < 1.29 is 4.79 Å².